The van der Waals surface area contributed by atoms with Crippen LogP contribution in [0.2, 0.25) is 0 Å². The van der Waals surface area contributed by atoms with E-state index in [0.29, 0.717) is 6.54 Å². The van der Waals surface area contributed by atoms with Gasteiger partial charge in [0.1, 0.15) is 11.4 Å². The van der Waals surface area contributed by atoms with Gasteiger partial charge in [0.15, 0.2) is 5.96 Å². The molecule has 1 aromatic carbocycles. The van der Waals surface area contributed by atoms with Crippen LogP contribution in [0, 0.1) is 13.8 Å². The summed E-state index contributed by atoms with van der Waals surface area (Å²) in [6.45, 7) is 16.0. The Kier molecular flexibility index (Phi) is 10.1. The normalized spacial score (nSPS) is 12.9. The Hall–Kier alpha value is -1.77. The maximum absolute atomic E-state index is 6.09. The highest BCUT2D eigenvalue weighted by Crippen LogP contribution is 2.23. The van der Waals surface area contributed by atoms with E-state index in [1.54, 1.807) is 0 Å². The molecule has 7 heteroatoms. The van der Waals surface area contributed by atoms with Crippen LogP contribution < -0.4 is 15.4 Å². The van der Waals surface area contributed by atoms with Gasteiger partial charge in [-0.2, -0.15) is 5.10 Å². The van der Waals surface area contributed by atoms with Crippen LogP contribution in [0.3, 0.4) is 0 Å². The van der Waals surface area contributed by atoms with Gasteiger partial charge in [0.25, 0.3) is 0 Å². The minimum atomic E-state index is -0.240. The Balaban J connectivity index is 0.00000450. The van der Waals surface area contributed by atoms with Gasteiger partial charge in [0.2, 0.25) is 0 Å². The van der Waals surface area contributed by atoms with Crippen LogP contribution in [0.15, 0.2) is 29.3 Å². The number of aromatic nitrogens is 2. The molecule has 0 bridgehead atoms. The van der Waals surface area contributed by atoms with Crippen molar-refractivity contribution in [3.63, 3.8) is 0 Å². The number of halogens is 1. The van der Waals surface area contributed by atoms with E-state index in [1.165, 1.54) is 11.3 Å². The van der Waals surface area contributed by atoms with Crippen LogP contribution in [0.5, 0.6) is 5.75 Å². The van der Waals surface area contributed by atoms with E-state index in [0.717, 1.165) is 35.9 Å². The summed E-state index contributed by atoms with van der Waals surface area (Å²) < 4.78 is 8.04. The van der Waals surface area contributed by atoms with Gasteiger partial charge in [0, 0.05) is 30.9 Å². The SMILES string of the molecule is CCNC(=NCc1ccccc1OC(C)(C)C)NC(C)Cc1c(C)nn(C)c1C.I. The molecule has 0 aliphatic carbocycles. The van der Waals surface area contributed by atoms with Crippen molar-refractivity contribution < 1.29 is 4.74 Å². The lowest BCUT2D eigenvalue weighted by Crippen LogP contribution is -2.43. The summed E-state index contributed by atoms with van der Waals surface area (Å²) in [7, 11) is 1.99. The molecule has 0 aliphatic rings. The molecule has 1 aromatic heterocycles. The Morgan fingerprint density at radius 2 is 1.90 bits per heavy atom. The zero-order valence-electron chi connectivity index (χ0n) is 19.7. The number of ether oxygens (including phenoxy) is 1. The third-order valence-corrected chi connectivity index (χ3v) is 4.69. The lowest BCUT2D eigenvalue weighted by atomic mass is 10.1. The van der Waals surface area contributed by atoms with E-state index in [1.807, 2.05) is 29.9 Å². The van der Waals surface area contributed by atoms with Gasteiger partial charge < -0.3 is 15.4 Å². The quantitative estimate of drug-likeness (QED) is 0.316. The van der Waals surface area contributed by atoms with E-state index < -0.39 is 0 Å². The van der Waals surface area contributed by atoms with Gasteiger partial charge in [-0.05, 0) is 66.5 Å². The topological polar surface area (TPSA) is 63.5 Å². The number of para-hydroxylation sites is 1. The summed E-state index contributed by atoms with van der Waals surface area (Å²) in [6, 6.07) is 8.33. The number of guanidine groups is 1. The summed E-state index contributed by atoms with van der Waals surface area (Å²) in [5, 5.41) is 11.4. The Morgan fingerprint density at radius 1 is 1.23 bits per heavy atom. The van der Waals surface area contributed by atoms with E-state index in [-0.39, 0.29) is 35.6 Å². The maximum Gasteiger partial charge on any atom is 0.191 e. The van der Waals surface area contributed by atoms with E-state index in [4.69, 9.17) is 9.73 Å². The summed E-state index contributed by atoms with van der Waals surface area (Å²) in [4.78, 5) is 4.80. The molecule has 0 saturated heterocycles. The van der Waals surface area contributed by atoms with E-state index >= 15 is 0 Å². The first-order chi connectivity index (χ1) is 13.6. The number of hydrogen-bond acceptors (Lipinski definition) is 3. The van der Waals surface area contributed by atoms with Crippen LogP contribution in [0.4, 0.5) is 0 Å². The Labute approximate surface area is 198 Å². The second kappa shape index (κ2) is 11.6. The van der Waals surface area contributed by atoms with Gasteiger partial charge in [0.05, 0.1) is 12.2 Å². The van der Waals surface area contributed by atoms with Crippen LogP contribution >= 0.6 is 24.0 Å². The number of aryl methyl sites for hydroxylation is 2. The van der Waals surface area contributed by atoms with Gasteiger partial charge in [-0.1, -0.05) is 18.2 Å². The first kappa shape index (κ1) is 26.3. The summed E-state index contributed by atoms with van der Waals surface area (Å²) in [5.74, 6) is 1.69. The summed E-state index contributed by atoms with van der Waals surface area (Å²) in [6.07, 6.45) is 0.902. The van der Waals surface area contributed by atoms with Crippen molar-refractivity contribution in [2.45, 2.75) is 73.1 Å². The first-order valence-corrected chi connectivity index (χ1v) is 10.4. The molecular formula is C23H38IN5O. The zero-order chi connectivity index (χ0) is 21.6. The fraction of sp³-hybridized carbons (Fsp3) is 0.565. The van der Waals surface area contributed by atoms with Crippen molar-refractivity contribution in [3.8, 4) is 5.75 Å². The highest BCUT2D eigenvalue weighted by molar-refractivity contribution is 14.0. The van der Waals surface area contributed by atoms with Crippen molar-refractivity contribution in [2.75, 3.05) is 6.54 Å². The van der Waals surface area contributed by atoms with Gasteiger partial charge in [-0.25, -0.2) is 4.99 Å². The molecule has 0 radical (unpaired) electrons. The van der Waals surface area contributed by atoms with Gasteiger partial charge in [-0.15, -0.1) is 24.0 Å². The first-order valence-electron chi connectivity index (χ1n) is 10.4. The third kappa shape index (κ3) is 7.81. The van der Waals surface area contributed by atoms with E-state index in [9.17, 15) is 0 Å². The molecule has 1 unspecified atom stereocenters. The molecule has 2 N–H and O–H groups in total. The van der Waals surface area contributed by atoms with Crippen LogP contribution in [0.1, 0.15) is 57.1 Å². The number of nitrogens with one attached hydrogen (secondary N) is 2. The average Bonchev–Trinajstić information content (AvgIpc) is 2.86. The highest BCUT2D eigenvalue weighted by Gasteiger charge is 2.16. The smallest absolute Gasteiger partial charge is 0.191 e. The average molecular weight is 527 g/mol. The largest absolute Gasteiger partial charge is 0.488 e. The molecule has 0 saturated carbocycles. The van der Waals surface area contributed by atoms with Gasteiger partial charge >= 0.3 is 0 Å². The fourth-order valence-electron chi connectivity index (χ4n) is 3.25. The minimum absolute atomic E-state index is 0. The Morgan fingerprint density at radius 3 is 2.47 bits per heavy atom. The molecule has 2 aromatic rings. The second-order valence-corrected chi connectivity index (χ2v) is 8.54. The van der Waals surface area contributed by atoms with Gasteiger partial charge in [-0.3, -0.25) is 4.68 Å². The molecule has 168 valence electrons. The standard InChI is InChI=1S/C23H37N5O.HI/c1-9-24-22(26-16(2)14-20-17(3)27-28(8)18(20)4)25-15-19-12-10-11-13-21(19)29-23(5,6)7;/h10-13,16H,9,14-15H2,1-8H3,(H2,24,25,26);1H. The van der Waals surface area contributed by atoms with Crippen molar-refractivity contribution in [1.29, 1.82) is 0 Å². The van der Waals surface area contributed by atoms with Crippen LogP contribution in [-0.4, -0.2) is 33.9 Å². The minimum Gasteiger partial charge on any atom is -0.488 e. The highest BCUT2D eigenvalue weighted by atomic mass is 127. The lowest BCUT2D eigenvalue weighted by molar-refractivity contribution is 0.129. The number of hydrogen-bond donors (Lipinski definition) is 2. The van der Waals surface area contributed by atoms with Crippen molar-refractivity contribution >= 4 is 29.9 Å². The van der Waals surface area contributed by atoms with Crippen molar-refractivity contribution in [1.82, 2.24) is 20.4 Å². The monoisotopic (exact) mass is 527 g/mol. The summed E-state index contributed by atoms with van der Waals surface area (Å²) >= 11 is 0. The third-order valence-electron chi connectivity index (χ3n) is 4.69. The summed E-state index contributed by atoms with van der Waals surface area (Å²) in [5.41, 5.74) is 4.44. The zero-order valence-corrected chi connectivity index (χ0v) is 22.0. The van der Waals surface area contributed by atoms with Crippen molar-refractivity contribution in [3.05, 3.63) is 46.8 Å². The molecule has 1 atom stereocenters. The molecule has 1 heterocycles. The number of rotatable bonds is 7. The molecular weight excluding hydrogens is 489 g/mol. The van der Waals surface area contributed by atoms with Crippen LogP contribution in [-0.2, 0) is 20.0 Å². The number of nitrogens with zero attached hydrogens (tertiary/aromatic N) is 3. The number of aliphatic imine (C=N–C) groups is 1. The lowest BCUT2D eigenvalue weighted by Gasteiger charge is -2.23. The predicted octanol–water partition coefficient (Wildman–Crippen LogP) is 4.52. The maximum atomic E-state index is 6.09. The number of benzene rings is 1. The molecule has 2 rings (SSSR count). The molecule has 0 fully saturated rings. The molecule has 0 aliphatic heterocycles. The predicted molar refractivity (Wildman–Crippen MR) is 136 cm³/mol. The molecule has 30 heavy (non-hydrogen) atoms. The molecule has 0 spiro atoms. The molecule has 6 nitrogen and oxygen atoms in total. The van der Waals surface area contributed by atoms with Crippen molar-refractivity contribution in [2.24, 2.45) is 12.0 Å². The second-order valence-electron chi connectivity index (χ2n) is 8.54. The van der Waals surface area contributed by atoms with E-state index in [2.05, 4.69) is 70.3 Å². The molecule has 0 amide bonds. The Bertz CT molecular complexity index is 839. The fourth-order valence-corrected chi connectivity index (χ4v) is 3.25. The van der Waals surface area contributed by atoms with Crippen LogP contribution in [0.25, 0.3) is 0 Å².